The predicted octanol–water partition coefficient (Wildman–Crippen LogP) is 2.06. The van der Waals surface area contributed by atoms with Gasteiger partial charge in [-0.1, -0.05) is 0 Å². The Kier molecular flexibility index (Phi) is 6.18. The van der Waals surface area contributed by atoms with Gasteiger partial charge in [-0.2, -0.15) is 0 Å². The number of carboxylic acids is 1. The lowest BCUT2D eigenvalue weighted by Gasteiger charge is -2.37. The third-order valence-corrected chi connectivity index (χ3v) is 6.36. The topological polar surface area (TPSA) is 86.2 Å². The van der Waals surface area contributed by atoms with Gasteiger partial charge in [0.25, 0.3) is 0 Å². The molecule has 0 bridgehead atoms. The van der Waals surface area contributed by atoms with Crippen LogP contribution in [0, 0.1) is 5.92 Å². The number of ether oxygens (including phenoxy) is 1. The summed E-state index contributed by atoms with van der Waals surface area (Å²) in [5.41, 5.74) is 1.18. The lowest BCUT2D eigenvalue weighted by atomic mass is 9.94. The highest BCUT2D eigenvalue weighted by Gasteiger charge is 2.38. The lowest BCUT2D eigenvalue weighted by molar-refractivity contribution is -0.138. The Balaban J connectivity index is 1.26. The van der Waals surface area contributed by atoms with Crippen molar-refractivity contribution >= 4 is 17.7 Å². The van der Waals surface area contributed by atoms with Gasteiger partial charge in [0.2, 0.25) is 0 Å². The molecule has 2 atom stereocenters. The van der Waals surface area contributed by atoms with Crippen molar-refractivity contribution < 1.29 is 19.4 Å². The van der Waals surface area contributed by atoms with Gasteiger partial charge >= 0.3 is 12.1 Å². The van der Waals surface area contributed by atoms with E-state index in [0.717, 1.165) is 51.9 Å². The van der Waals surface area contributed by atoms with E-state index in [9.17, 15) is 9.59 Å². The van der Waals surface area contributed by atoms with Crippen LogP contribution in [0.25, 0.3) is 0 Å². The minimum atomic E-state index is -0.728. The number of pyridine rings is 1. The molecule has 1 aromatic rings. The average Bonchev–Trinajstić information content (AvgIpc) is 3.08. The average molecular weight is 402 g/mol. The van der Waals surface area contributed by atoms with Crippen molar-refractivity contribution in [3.63, 3.8) is 0 Å². The molecule has 4 heterocycles. The molecule has 0 aliphatic carbocycles. The molecular formula is C21H30N4O4. The molecule has 3 fully saturated rings. The maximum Gasteiger partial charge on any atom is 0.410 e. The Morgan fingerprint density at radius 2 is 1.90 bits per heavy atom. The van der Waals surface area contributed by atoms with Crippen LogP contribution in [0.3, 0.4) is 0 Å². The number of cyclic esters (lactones) is 1. The fourth-order valence-electron chi connectivity index (χ4n) is 4.94. The van der Waals surface area contributed by atoms with Gasteiger partial charge < -0.3 is 19.6 Å². The zero-order valence-corrected chi connectivity index (χ0v) is 16.8. The van der Waals surface area contributed by atoms with Crippen LogP contribution in [0.2, 0.25) is 0 Å². The number of amides is 1. The minimum Gasteiger partial charge on any atom is -0.481 e. The van der Waals surface area contributed by atoms with Crippen LogP contribution in [0.4, 0.5) is 10.5 Å². The summed E-state index contributed by atoms with van der Waals surface area (Å²) < 4.78 is 5.66. The SMILES string of the molecule is O=C(O)CC1CCCN(CC2CN(C3CCN(c4ccncc4)CC3)C(=O)O2)C1. The van der Waals surface area contributed by atoms with E-state index in [-0.39, 0.29) is 30.6 Å². The molecule has 0 spiro atoms. The van der Waals surface area contributed by atoms with E-state index in [2.05, 4.69) is 14.8 Å². The van der Waals surface area contributed by atoms with Gasteiger partial charge in [-0.05, 0) is 50.3 Å². The first-order valence-electron chi connectivity index (χ1n) is 10.6. The molecule has 29 heavy (non-hydrogen) atoms. The molecule has 8 nitrogen and oxygen atoms in total. The van der Waals surface area contributed by atoms with Gasteiger partial charge in [0.05, 0.1) is 6.54 Å². The zero-order chi connectivity index (χ0) is 20.2. The van der Waals surface area contributed by atoms with Crippen LogP contribution in [0.1, 0.15) is 32.1 Å². The second-order valence-electron chi connectivity index (χ2n) is 8.45. The normalized spacial score (nSPS) is 26.6. The number of carbonyl (C=O) groups excluding carboxylic acids is 1. The largest absolute Gasteiger partial charge is 0.481 e. The Bertz CT molecular complexity index is 708. The molecule has 8 heteroatoms. The quantitative estimate of drug-likeness (QED) is 0.779. The number of likely N-dealkylation sites (tertiary alicyclic amines) is 1. The molecule has 1 N–H and O–H groups in total. The van der Waals surface area contributed by atoms with Crippen LogP contribution in [0.5, 0.6) is 0 Å². The second-order valence-corrected chi connectivity index (χ2v) is 8.45. The van der Waals surface area contributed by atoms with Gasteiger partial charge in [0.15, 0.2) is 0 Å². The second kappa shape index (κ2) is 8.98. The first kappa shape index (κ1) is 19.9. The summed E-state index contributed by atoms with van der Waals surface area (Å²) in [7, 11) is 0. The summed E-state index contributed by atoms with van der Waals surface area (Å²) in [6, 6.07) is 4.28. The van der Waals surface area contributed by atoms with E-state index in [1.54, 1.807) is 0 Å². The molecule has 1 aromatic heterocycles. The number of aromatic nitrogens is 1. The summed E-state index contributed by atoms with van der Waals surface area (Å²) in [5, 5.41) is 9.04. The van der Waals surface area contributed by atoms with Crippen LogP contribution in [0.15, 0.2) is 24.5 Å². The van der Waals surface area contributed by atoms with Gasteiger partial charge in [-0.15, -0.1) is 0 Å². The van der Waals surface area contributed by atoms with E-state index in [4.69, 9.17) is 9.84 Å². The van der Waals surface area contributed by atoms with E-state index in [1.165, 1.54) is 5.69 Å². The van der Waals surface area contributed by atoms with Crippen LogP contribution in [-0.2, 0) is 9.53 Å². The fraction of sp³-hybridized carbons (Fsp3) is 0.667. The smallest absolute Gasteiger partial charge is 0.410 e. The highest BCUT2D eigenvalue weighted by molar-refractivity contribution is 5.70. The summed E-state index contributed by atoms with van der Waals surface area (Å²) in [5.74, 6) is -0.527. The van der Waals surface area contributed by atoms with Crippen molar-refractivity contribution in [3.8, 4) is 0 Å². The summed E-state index contributed by atoms with van der Waals surface area (Å²) in [6.45, 7) is 4.92. The molecule has 158 valence electrons. The Hall–Kier alpha value is -2.35. The molecule has 4 rings (SSSR count). The number of hydrogen-bond donors (Lipinski definition) is 1. The van der Waals surface area contributed by atoms with Crippen molar-refractivity contribution in [1.82, 2.24) is 14.8 Å². The monoisotopic (exact) mass is 402 g/mol. The number of piperidine rings is 2. The Labute approximate surface area is 171 Å². The van der Waals surface area contributed by atoms with Crippen LogP contribution < -0.4 is 4.90 Å². The van der Waals surface area contributed by atoms with Gasteiger partial charge in [-0.25, -0.2) is 4.79 Å². The van der Waals surface area contributed by atoms with Crippen molar-refractivity contribution in [2.24, 2.45) is 5.92 Å². The van der Waals surface area contributed by atoms with E-state index in [1.807, 2.05) is 29.4 Å². The number of hydrogen-bond acceptors (Lipinski definition) is 6. The highest BCUT2D eigenvalue weighted by Crippen LogP contribution is 2.27. The third kappa shape index (κ3) is 4.98. The van der Waals surface area contributed by atoms with Crippen molar-refractivity contribution in [2.45, 2.75) is 44.2 Å². The molecule has 1 amide bonds. The Morgan fingerprint density at radius 3 is 2.62 bits per heavy atom. The van der Waals surface area contributed by atoms with Crippen molar-refractivity contribution in [1.29, 1.82) is 0 Å². The molecule has 0 radical (unpaired) electrons. The first-order chi connectivity index (χ1) is 14.1. The molecule has 2 unspecified atom stereocenters. The molecular weight excluding hydrogens is 372 g/mol. The number of carbonyl (C=O) groups is 2. The lowest BCUT2D eigenvalue weighted by Crippen LogP contribution is -2.46. The van der Waals surface area contributed by atoms with Crippen molar-refractivity contribution in [2.75, 3.05) is 44.2 Å². The van der Waals surface area contributed by atoms with E-state index < -0.39 is 5.97 Å². The van der Waals surface area contributed by atoms with Crippen LogP contribution >= 0.6 is 0 Å². The minimum absolute atomic E-state index is 0.121. The third-order valence-electron chi connectivity index (χ3n) is 6.36. The number of nitrogens with zero attached hydrogens (tertiary/aromatic N) is 4. The number of carboxylic acid groups (broad SMARTS) is 1. The molecule has 0 aromatic carbocycles. The Morgan fingerprint density at radius 1 is 1.14 bits per heavy atom. The standard InChI is InChI=1S/C21H30N4O4/c26-20(27)12-16-2-1-9-23(13-16)14-19-15-25(21(28)29-19)18-5-10-24(11-6-18)17-3-7-22-8-4-17/h3-4,7-8,16,18-19H,1-2,5-6,9-15H2,(H,26,27). The summed E-state index contributed by atoms with van der Waals surface area (Å²) >= 11 is 0. The van der Waals surface area contributed by atoms with Gasteiger partial charge in [0, 0.05) is 56.7 Å². The predicted molar refractivity (Wildman–Crippen MR) is 108 cm³/mol. The van der Waals surface area contributed by atoms with Gasteiger partial charge in [-0.3, -0.25) is 14.7 Å². The first-order valence-corrected chi connectivity index (χ1v) is 10.6. The van der Waals surface area contributed by atoms with E-state index in [0.29, 0.717) is 13.1 Å². The number of anilines is 1. The maximum atomic E-state index is 12.5. The van der Waals surface area contributed by atoms with Gasteiger partial charge in [0.1, 0.15) is 6.10 Å². The number of rotatable bonds is 6. The van der Waals surface area contributed by atoms with Crippen LogP contribution in [-0.4, -0.2) is 83.4 Å². The molecule has 0 saturated carbocycles. The molecule has 3 aliphatic rings. The summed E-state index contributed by atoms with van der Waals surface area (Å²) in [6.07, 6.45) is 7.38. The summed E-state index contributed by atoms with van der Waals surface area (Å²) in [4.78, 5) is 34.1. The fourth-order valence-corrected chi connectivity index (χ4v) is 4.94. The highest BCUT2D eigenvalue weighted by atomic mass is 16.6. The van der Waals surface area contributed by atoms with E-state index >= 15 is 0 Å². The molecule has 3 aliphatic heterocycles. The zero-order valence-electron chi connectivity index (χ0n) is 16.8. The maximum absolute atomic E-state index is 12.5. The number of aliphatic carboxylic acids is 1. The van der Waals surface area contributed by atoms with Crippen molar-refractivity contribution in [3.05, 3.63) is 24.5 Å². The molecule has 3 saturated heterocycles.